The highest BCUT2D eigenvalue weighted by Crippen LogP contribution is 2.48. The summed E-state index contributed by atoms with van der Waals surface area (Å²) in [5.41, 5.74) is -0.207. The molecule has 2 rings (SSSR count). The average Bonchev–Trinajstić information content (AvgIpc) is 2.46. The van der Waals surface area contributed by atoms with Crippen molar-refractivity contribution < 1.29 is 5.11 Å². The van der Waals surface area contributed by atoms with Crippen LogP contribution in [0.15, 0.2) is 0 Å². The number of aliphatic hydroxyl groups is 1. The van der Waals surface area contributed by atoms with Crippen molar-refractivity contribution in [1.82, 2.24) is 0 Å². The summed E-state index contributed by atoms with van der Waals surface area (Å²) in [5.74, 6) is 1.27. The summed E-state index contributed by atoms with van der Waals surface area (Å²) in [6, 6.07) is 0. The largest absolute Gasteiger partial charge is 0.389 e. The van der Waals surface area contributed by atoms with Crippen molar-refractivity contribution in [2.24, 2.45) is 0 Å². The molecular weight excluding hydrogens is 132 g/mol. The third-order valence-electron chi connectivity index (χ3n) is 2.29. The van der Waals surface area contributed by atoms with E-state index in [-0.39, 0.29) is 5.60 Å². The van der Waals surface area contributed by atoms with Crippen LogP contribution in [0, 0.1) is 0 Å². The molecule has 1 heterocycles. The van der Waals surface area contributed by atoms with Gasteiger partial charge in [-0.15, -0.1) is 0 Å². The van der Waals surface area contributed by atoms with Gasteiger partial charge in [-0.2, -0.15) is 11.8 Å². The Bertz CT molecular complexity index is 114. The van der Waals surface area contributed by atoms with E-state index in [0.717, 1.165) is 12.8 Å². The molecule has 1 saturated carbocycles. The van der Waals surface area contributed by atoms with Crippen molar-refractivity contribution in [3.8, 4) is 0 Å². The van der Waals surface area contributed by atoms with Crippen molar-refractivity contribution in [1.29, 1.82) is 0 Å². The Labute approximate surface area is 59.8 Å². The van der Waals surface area contributed by atoms with Gasteiger partial charge in [-0.1, -0.05) is 0 Å². The van der Waals surface area contributed by atoms with Crippen LogP contribution in [0.3, 0.4) is 0 Å². The van der Waals surface area contributed by atoms with E-state index in [9.17, 15) is 5.11 Å². The molecule has 1 unspecified atom stereocenters. The van der Waals surface area contributed by atoms with Gasteiger partial charge in [0.2, 0.25) is 0 Å². The van der Waals surface area contributed by atoms with Gasteiger partial charge < -0.3 is 5.11 Å². The lowest BCUT2D eigenvalue weighted by molar-refractivity contribution is 0.146. The highest BCUT2D eigenvalue weighted by molar-refractivity contribution is 8.00. The Balaban J connectivity index is 1.97. The molecule has 0 aromatic carbocycles. The first-order valence-electron chi connectivity index (χ1n) is 3.65. The highest BCUT2D eigenvalue weighted by Gasteiger charge is 2.48. The summed E-state index contributed by atoms with van der Waals surface area (Å²) in [6.07, 6.45) is 4.69. The molecule has 0 bridgehead atoms. The van der Waals surface area contributed by atoms with E-state index in [1.807, 2.05) is 11.8 Å². The van der Waals surface area contributed by atoms with Crippen LogP contribution in [0.25, 0.3) is 0 Å². The van der Waals surface area contributed by atoms with E-state index in [1.54, 1.807) is 0 Å². The smallest absolute Gasteiger partial charge is 0.0768 e. The molecule has 0 aromatic heterocycles. The Morgan fingerprint density at radius 3 is 2.67 bits per heavy atom. The van der Waals surface area contributed by atoms with Crippen LogP contribution in [0.2, 0.25) is 0 Å². The van der Waals surface area contributed by atoms with Gasteiger partial charge in [-0.3, -0.25) is 0 Å². The molecule has 52 valence electrons. The molecule has 0 amide bonds. The zero-order valence-corrected chi connectivity index (χ0v) is 6.28. The van der Waals surface area contributed by atoms with E-state index in [1.165, 1.54) is 18.6 Å². The van der Waals surface area contributed by atoms with Crippen LogP contribution >= 0.6 is 11.8 Å². The summed E-state index contributed by atoms with van der Waals surface area (Å²) >= 11 is 1.96. The van der Waals surface area contributed by atoms with E-state index < -0.39 is 0 Å². The van der Waals surface area contributed by atoms with Gasteiger partial charge in [-0.05, 0) is 31.4 Å². The second-order valence-electron chi connectivity index (χ2n) is 3.11. The van der Waals surface area contributed by atoms with Crippen LogP contribution in [-0.4, -0.2) is 21.7 Å². The maximum absolute atomic E-state index is 9.61. The Kier molecular flexibility index (Phi) is 1.27. The number of rotatable bonds is 1. The molecule has 9 heavy (non-hydrogen) atoms. The van der Waals surface area contributed by atoms with E-state index >= 15 is 0 Å². The van der Waals surface area contributed by atoms with E-state index in [2.05, 4.69) is 0 Å². The van der Waals surface area contributed by atoms with Crippen molar-refractivity contribution in [3.05, 3.63) is 0 Å². The first-order valence-corrected chi connectivity index (χ1v) is 4.70. The fourth-order valence-corrected chi connectivity index (χ4v) is 2.95. The quantitative estimate of drug-likeness (QED) is 0.600. The van der Waals surface area contributed by atoms with Crippen molar-refractivity contribution >= 4 is 11.8 Å². The van der Waals surface area contributed by atoms with Gasteiger partial charge in [0, 0.05) is 5.25 Å². The molecule has 1 N–H and O–H groups in total. The van der Waals surface area contributed by atoms with E-state index in [0.29, 0.717) is 5.25 Å². The molecule has 0 aromatic rings. The normalized spacial score (nSPS) is 39.0. The second-order valence-corrected chi connectivity index (χ2v) is 4.42. The third kappa shape index (κ3) is 0.987. The van der Waals surface area contributed by atoms with Gasteiger partial charge in [0.1, 0.15) is 0 Å². The maximum Gasteiger partial charge on any atom is 0.0768 e. The first-order chi connectivity index (χ1) is 4.31. The Morgan fingerprint density at radius 2 is 2.22 bits per heavy atom. The first kappa shape index (κ1) is 6.05. The van der Waals surface area contributed by atoms with Crippen LogP contribution in [-0.2, 0) is 0 Å². The molecular formula is C7H12OS. The van der Waals surface area contributed by atoms with Crippen LogP contribution in [0.5, 0.6) is 0 Å². The molecule has 1 aliphatic carbocycles. The molecule has 2 heteroatoms. The molecule has 2 fully saturated rings. The topological polar surface area (TPSA) is 20.2 Å². The monoisotopic (exact) mass is 144 g/mol. The number of hydrogen-bond acceptors (Lipinski definition) is 2. The standard InChI is InChI=1S/C7H12OS/c8-7(3-4-7)6-2-1-5-9-6/h6,8H,1-5H2. The van der Waals surface area contributed by atoms with Crippen molar-refractivity contribution in [3.63, 3.8) is 0 Å². The van der Waals surface area contributed by atoms with Crippen LogP contribution < -0.4 is 0 Å². The number of thioether (sulfide) groups is 1. The zero-order valence-electron chi connectivity index (χ0n) is 5.47. The number of hydrogen-bond donors (Lipinski definition) is 1. The lowest BCUT2D eigenvalue weighted by atomic mass is 10.1. The summed E-state index contributed by atoms with van der Waals surface area (Å²) in [5, 5.41) is 10.2. The van der Waals surface area contributed by atoms with Crippen molar-refractivity contribution in [2.45, 2.75) is 36.5 Å². The van der Waals surface area contributed by atoms with Gasteiger partial charge in [-0.25, -0.2) is 0 Å². The minimum atomic E-state index is -0.207. The SMILES string of the molecule is OC1(C2CCCS2)CC1. The molecule has 1 aliphatic heterocycles. The fraction of sp³-hybridized carbons (Fsp3) is 1.00. The van der Waals surface area contributed by atoms with Crippen molar-refractivity contribution in [2.75, 3.05) is 5.75 Å². The summed E-state index contributed by atoms with van der Waals surface area (Å²) in [4.78, 5) is 0. The van der Waals surface area contributed by atoms with Crippen LogP contribution in [0.4, 0.5) is 0 Å². The predicted molar refractivity (Wildman–Crippen MR) is 39.7 cm³/mol. The second kappa shape index (κ2) is 1.89. The van der Waals surface area contributed by atoms with Gasteiger partial charge in [0.25, 0.3) is 0 Å². The van der Waals surface area contributed by atoms with E-state index in [4.69, 9.17) is 0 Å². The Hall–Kier alpha value is 0.310. The predicted octanol–water partition coefficient (Wildman–Crippen LogP) is 1.41. The van der Waals surface area contributed by atoms with Crippen LogP contribution in [0.1, 0.15) is 25.7 Å². The molecule has 1 saturated heterocycles. The molecule has 0 spiro atoms. The highest BCUT2D eigenvalue weighted by atomic mass is 32.2. The molecule has 1 atom stereocenters. The summed E-state index contributed by atoms with van der Waals surface area (Å²) < 4.78 is 0. The maximum atomic E-state index is 9.61. The fourth-order valence-electron chi connectivity index (χ4n) is 1.45. The average molecular weight is 144 g/mol. The minimum absolute atomic E-state index is 0.207. The lowest BCUT2D eigenvalue weighted by Crippen LogP contribution is -2.21. The lowest BCUT2D eigenvalue weighted by Gasteiger charge is -2.13. The summed E-state index contributed by atoms with van der Waals surface area (Å²) in [7, 11) is 0. The third-order valence-corrected chi connectivity index (χ3v) is 3.89. The minimum Gasteiger partial charge on any atom is -0.389 e. The Morgan fingerprint density at radius 1 is 1.44 bits per heavy atom. The molecule has 1 nitrogen and oxygen atoms in total. The molecule has 0 radical (unpaired) electrons. The van der Waals surface area contributed by atoms with Gasteiger partial charge >= 0.3 is 0 Å². The van der Waals surface area contributed by atoms with Gasteiger partial charge in [0.05, 0.1) is 5.60 Å². The zero-order chi connectivity index (χ0) is 6.32. The van der Waals surface area contributed by atoms with Gasteiger partial charge in [0.15, 0.2) is 0 Å². The molecule has 2 aliphatic rings. The summed E-state index contributed by atoms with van der Waals surface area (Å²) in [6.45, 7) is 0.